The Balaban J connectivity index is 2.09. The summed E-state index contributed by atoms with van der Waals surface area (Å²) in [4.78, 5) is 11.4. The molecule has 60 valence electrons. The average molecular weight is 152 g/mol. The monoisotopic (exact) mass is 152 g/mol. The van der Waals surface area contributed by atoms with Crippen molar-refractivity contribution >= 4 is 5.97 Å². The van der Waals surface area contributed by atoms with E-state index in [0.29, 0.717) is 11.8 Å². The lowest BCUT2D eigenvalue weighted by atomic mass is 9.48. The minimum absolute atomic E-state index is 0.0527. The molecule has 4 rings (SSSR count). The van der Waals surface area contributed by atoms with Crippen molar-refractivity contribution in [3.05, 3.63) is 0 Å². The molecular weight excluding hydrogens is 140 g/mol. The van der Waals surface area contributed by atoms with E-state index in [9.17, 15) is 4.79 Å². The van der Waals surface area contributed by atoms with Crippen molar-refractivity contribution in [3.8, 4) is 0 Å². The predicted molar refractivity (Wildman–Crippen MR) is 38.8 cm³/mol. The summed E-state index contributed by atoms with van der Waals surface area (Å²) >= 11 is 0. The Kier molecular flexibility index (Phi) is 0.809. The van der Waals surface area contributed by atoms with Gasteiger partial charge in [0.2, 0.25) is 0 Å². The van der Waals surface area contributed by atoms with Crippen LogP contribution in [-0.2, 0) is 9.53 Å². The van der Waals surface area contributed by atoms with Crippen LogP contribution in [0.1, 0.15) is 26.2 Å². The molecule has 0 N–H and O–H groups in total. The van der Waals surface area contributed by atoms with Crippen LogP contribution in [0, 0.1) is 17.3 Å². The highest BCUT2D eigenvalue weighted by molar-refractivity contribution is 5.81. The van der Waals surface area contributed by atoms with Crippen LogP contribution in [-0.4, -0.2) is 12.1 Å². The number of hydrogen-bond acceptors (Lipinski definition) is 2. The van der Waals surface area contributed by atoms with Crippen LogP contribution in [0.2, 0.25) is 0 Å². The predicted octanol–water partition coefficient (Wildman–Crippen LogP) is 1.35. The molecule has 4 fully saturated rings. The zero-order valence-electron chi connectivity index (χ0n) is 6.67. The Labute approximate surface area is 65.9 Å². The van der Waals surface area contributed by atoms with E-state index in [2.05, 4.69) is 6.92 Å². The smallest absolute Gasteiger partial charge is 0.312 e. The van der Waals surface area contributed by atoms with Gasteiger partial charge in [0.25, 0.3) is 0 Å². The van der Waals surface area contributed by atoms with Crippen LogP contribution in [0.4, 0.5) is 0 Å². The first kappa shape index (κ1) is 6.04. The lowest BCUT2D eigenvalue weighted by molar-refractivity contribution is -0.152. The molecule has 0 spiro atoms. The first-order chi connectivity index (χ1) is 5.23. The van der Waals surface area contributed by atoms with Crippen LogP contribution in [0.15, 0.2) is 0 Å². The van der Waals surface area contributed by atoms with Gasteiger partial charge in [-0.3, -0.25) is 4.79 Å². The molecule has 11 heavy (non-hydrogen) atoms. The van der Waals surface area contributed by atoms with Crippen molar-refractivity contribution in [2.45, 2.75) is 32.3 Å². The van der Waals surface area contributed by atoms with E-state index < -0.39 is 0 Å². The second-order valence-electron chi connectivity index (χ2n) is 4.34. The number of carbonyl (C=O) groups excluding carboxylic acids is 1. The third-order valence-corrected chi connectivity index (χ3v) is 4.10. The van der Waals surface area contributed by atoms with Gasteiger partial charge >= 0.3 is 5.97 Å². The van der Waals surface area contributed by atoms with Gasteiger partial charge in [-0.1, -0.05) is 0 Å². The zero-order valence-corrected chi connectivity index (χ0v) is 6.67. The van der Waals surface area contributed by atoms with Gasteiger partial charge in [-0.15, -0.1) is 0 Å². The summed E-state index contributed by atoms with van der Waals surface area (Å²) in [7, 11) is 0. The molecule has 0 aromatic rings. The Morgan fingerprint density at radius 3 is 2.91 bits per heavy atom. The second-order valence-corrected chi connectivity index (χ2v) is 4.34. The van der Waals surface area contributed by atoms with Gasteiger partial charge in [-0.05, 0) is 32.1 Å². The molecule has 0 amide bonds. The number of hydrogen-bond donors (Lipinski definition) is 0. The van der Waals surface area contributed by atoms with Crippen molar-refractivity contribution in [1.29, 1.82) is 0 Å². The molecule has 3 aliphatic carbocycles. The lowest BCUT2D eigenvalue weighted by Crippen LogP contribution is -2.53. The molecule has 4 bridgehead atoms. The molecule has 2 heteroatoms. The van der Waals surface area contributed by atoms with Gasteiger partial charge in [0.15, 0.2) is 0 Å². The van der Waals surface area contributed by atoms with Crippen molar-refractivity contribution in [2.24, 2.45) is 17.3 Å². The van der Waals surface area contributed by atoms with E-state index in [0.717, 1.165) is 6.42 Å². The quantitative estimate of drug-likeness (QED) is 0.490. The maximum absolute atomic E-state index is 11.4. The first-order valence-electron chi connectivity index (χ1n) is 4.44. The second kappa shape index (κ2) is 1.47. The topological polar surface area (TPSA) is 26.3 Å². The van der Waals surface area contributed by atoms with Crippen molar-refractivity contribution in [1.82, 2.24) is 0 Å². The summed E-state index contributed by atoms with van der Waals surface area (Å²) in [5, 5.41) is 0. The fourth-order valence-electron chi connectivity index (χ4n) is 3.18. The molecule has 4 atom stereocenters. The van der Waals surface area contributed by atoms with E-state index in [1.165, 1.54) is 12.8 Å². The molecule has 1 heterocycles. The Morgan fingerprint density at radius 2 is 2.36 bits per heavy atom. The fourth-order valence-corrected chi connectivity index (χ4v) is 3.18. The van der Waals surface area contributed by atoms with Crippen LogP contribution < -0.4 is 0 Å². The van der Waals surface area contributed by atoms with E-state index in [1.54, 1.807) is 0 Å². The number of ether oxygens (including phenoxy) is 1. The molecule has 1 aliphatic heterocycles. The number of esters is 1. The van der Waals surface area contributed by atoms with Crippen LogP contribution in [0.3, 0.4) is 0 Å². The van der Waals surface area contributed by atoms with E-state index in [4.69, 9.17) is 4.74 Å². The lowest BCUT2D eigenvalue weighted by Gasteiger charge is -2.51. The summed E-state index contributed by atoms with van der Waals surface area (Å²) < 4.78 is 5.30. The Morgan fingerprint density at radius 1 is 1.55 bits per heavy atom. The molecule has 1 saturated heterocycles. The average Bonchev–Trinajstić information content (AvgIpc) is 2.12. The molecular formula is C9H12O2. The summed E-state index contributed by atoms with van der Waals surface area (Å²) in [6, 6.07) is 0. The standard InChI is InChI=1S/C9H12O2/c1-9-5-2-3-7(6(9)4-5)11-8(9)10/h5-7H,2-4H2,1H3/t5-,6+,7+,9+/m1/s1. The third-order valence-electron chi connectivity index (χ3n) is 4.10. The van der Waals surface area contributed by atoms with E-state index in [-0.39, 0.29) is 17.5 Å². The normalized spacial score (nSPS) is 58.6. The summed E-state index contributed by atoms with van der Waals surface area (Å²) in [6.45, 7) is 2.09. The molecule has 3 saturated carbocycles. The van der Waals surface area contributed by atoms with Crippen LogP contribution >= 0.6 is 0 Å². The first-order valence-corrected chi connectivity index (χ1v) is 4.44. The zero-order chi connectivity index (χ0) is 7.64. The third kappa shape index (κ3) is 0.445. The molecule has 0 radical (unpaired) electrons. The maximum atomic E-state index is 11.4. The summed E-state index contributed by atoms with van der Waals surface area (Å²) in [5.41, 5.74) is -0.0527. The highest BCUT2D eigenvalue weighted by atomic mass is 16.6. The SMILES string of the molecule is C[C@]12C(=O)O[C@H]3CC[C@@H]1C[C@@H]32. The van der Waals surface area contributed by atoms with Gasteiger partial charge in [-0.2, -0.15) is 0 Å². The van der Waals surface area contributed by atoms with Gasteiger partial charge in [-0.25, -0.2) is 0 Å². The summed E-state index contributed by atoms with van der Waals surface area (Å²) in [6.07, 6.45) is 3.87. The molecule has 4 aliphatic rings. The molecule has 0 unspecified atom stereocenters. The molecule has 0 aromatic heterocycles. The largest absolute Gasteiger partial charge is 0.462 e. The van der Waals surface area contributed by atoms with E-state index in [1.807, 2.05) is 0 Å². The van der Waals surface area contributed by atoms with Crippen molar-refractivity contribution < 1.29 is 9.53 Å². The highest BCUT2D eigenvalue weighted by Crippen LogP contribution is 2.64. The van der Waals surface area contributed by atoms with Crippen LogP contribution in [0.5, 0.6) is 0 Å². The highest BCUT2D eigenvalue weighted by Gasteiger charge is 2.67. The molecule has 2 nitrogen and oxygen atoms in total. The van der Waals surface area contributed by atoms with Gasteiger partial charge in [0.1, 0.15) is 6.10 Å². The Hall–Kier alpha value is -0.530. The van der Waals surface area contributed by atoms with Gasteiger partial charge in [0, 0.05) is 5.92 Å². The molecule has 0 aromatic carbocycles. The van der Waals surface area contributed by atoms with Gasteiger partial charge < -0.3 is 4.74 Å². The van der Waals surface area contributed by atoms with E-state index >= 15 is 0 Å². The number of rotatable bonds is 0. The van der Waals surface area contributed by atoms with Crippen molar-refractivity contribution in [3.63, 3.8) is 0 Å². The number of carbonyl (C=O) groups is 1. The van der Waals surface area contributed by atoms with Gasteiger partial charge in [0.05, 0.1) is 5.41 Å². The summed E-state index contributed by atoms with van der Waals surface area (Å²) in [5.74, 6) is 1.31. The fraction of sp³-hybridized carbons (Fsp3) is 0.889. The Bertz CT molecular complexity index is 234. The van der Waals surface area contributed by atoms with Crippen molar-refractivity contribution in [2.75, 3.05) is 0 Å². The minimum atomic E-state index is -0.0527. The number of fused-ring (bicyclic) bond motifs is 1. The van der Waals surface area contributed by atoms with Crippen LogP contribution in [0.25, 0.3) is 0 Å². The minimum Gasteiger partial charge on any atom is -0.462 e. The maximum Gasteiger partial charge on any atom is 0.312 e.